The Balaban J connectivity index is 1.82. The summed E-state index contributed by atoms with van der Waals surface area (Å²) in [4.78, 5) is 30.7. The summed E-state index contributed by atoms with van der Waals surface area (Å²) >= 11 is 0. The highest BCUT2D eigenvalue weighted by molar-refractivity contribution is 5.91. The lowest BCUT2D eigenvalue weighted by Crippen LogP contribution is -2.17. The van der Waals surface area contributed by atoms with Crippen molar-refractivity contribution in [2.24, 2.45) is 5.16 Å². The number of anilines is 1. The van der Waals surface area contributed by atoms with Crippen LogP contribution in [0.15, 0.2) is 47.8 Å². The summed E-state index contributed by atoms with van der Waals surface area (Å²) in [6.07, 6.45) is 2.84. The number of oxime groups is 1. The molecule has 0 bridgehead atoms. The van der Waals surface area contributed by atoms with Crippen molar-refractivity contribution in [1.29, 1.82) is 0 Å². The van der Waals surface area contributed by atoms with Crippen molar-refractivity contribution in [1.82, 2.24) is 4.98 Å². The Morgan fingerprint density at radius 1 is 1.43 bits per heavy atom. The third-order valence-corrected chi connectivity index (χ3v) is 2.75. The molecule has 0 saturated heterocycles. The molecule has 1 aromatic carbocycles. The average molecular weight is 314 g/mol. The van der Waals surface area contributed by atoms with Crippen LogP contribution >= 0.6 is 0 Å². The number of hydrogen-bond acceptors (Lipinski definition) is 6. The Morgan fingerprint density at radius 3 is 2.96 bits per heavy atom. The van der Waals surface area contributed by atoms with Crippen LogP contribution in [0.1, 0.15) is 11.3 Å². The summed E-state index contributed by atoms with van der Waals surface area (Å²) in [5.74, 6) is -0.383. The first-order valence-electron chi connectivity index (χ1n) is 6.67. The molecular formula is C15H14N4O4. The molecule has 1 N–H and O–H groups in total. The van der Waals surface area contributed by atoms with Gasteiger partial charge in [0.25, 0.3) is 11.6 Å². The molecular weight excluding hydrogens is 300 g/mol. The smallest absolute Gasteiger partial charge is 0.270 e. The third kappa shape index (κ3) is 5.20. The molecule has 1 amide bonds. The van der Waals surface area contributed by atoms with Gasteiger partial charge in [0.2, 0.25) is 0 Å². The Labute approximate surface area is 131 Å². The lowest BCUT2D eigenvalue weighted by molar-refractivity contribution is -0.384. The fraction of sp³-hybridized carbons (Fsp3) is 0.133. The lowest BCUT2D eigenvalue weighted by Gasteiger charge is -2.03. The fourth-order valence-corrected chi connectivity index (χ4v) is 1.65. The highest BCUT2D eigenvalue weighted by Gasteiger charge is 2.05. The number of pyridine rings is 1. The monoisotopic (exact) mass is 314 g/mol. The fourth-order valence-electron chi connectivity index (χ4n) is 1.65. The maximum absolute atomic E-state index is 11.6. The van der Waals surface area contributed by atoms with E-state index >= 15 is 0 Å². The van der Waals surface area contributed by atoms with Crippen LogP contribution in [0.2, 0.25) is 0 Å². The molecule has 8 nitrogen and oxygen atoms in total. The van der Waals surface area contributed by atoms with E-state index in [1.54, 1.807) is 24.4 Å². The number of nitro groups is 1. The molecule has 1 heterocycles. The number of carbonyl (C=O) groups excluding carboxylic acids is 1. The predicted octanol–water partition coefficient (Wildman–Crippen LogP) is 2.29. The van der Waals surface area contributed by atoms with Gasteiger partial charge in [-0.05, 0) is 19.1 Å². The van der Waals surface area contributed by atoms with Crippen molar-refractivity contribution >= 4 is 23.5 Å². The minimum atomic E-state index is -0.499. The molecule has 0 aliphatic carbocycles. The van der Waals surface area contributed by atoms with Crippen molar-refractivity contribution in [3.63, 3.8) is 0 Å². The maximum atomic E-state index is 11.6. The quantitative estimate of drug-likeness (QED) is 0.500. The number of nitrogens with one attached hydrogen (secondary N) is 1. The average Bonchev–Trinajstić information content (AvgIpc) is 2.54. The minimum absolute atomic E-state index is 0.0430. The Morgan fingerprint density at radius 2 is 2.26 bits per heavy atom. The zero-order valence-corrected chi connectivity index (χ0v) is 12.3. The standard InChI is InChI=1S/C15H14N4O4/c1-11-5-6-13(9-16-11)18-15(20)10-23-17-8-12-3-2-4-14(7-12)19(21)22/h2-9H,10H2,1H3,(H,18,20). The largest absolute Gasteiger partial charge is 0.386 e. The van der Waals surface area contributed by atoms with E-state index in [-0.39, 0.29) is 18.2 Å². The molecule has 2 aromatic rings. The Kier molecular flexibility index (Phi) is 5.35. The first-order valence-corrected chi connectivity index (χ1v) is 6.67. The van der Waals surface area contributed by atoms with Gasteiger partial charge in [0.05, 0.1) is 23.0 Å². The number of nitrogens with zero attached hydrogens (tertiary/aromatic N) is 3. The predicted molar refractivity (Wildman–Crippen MR) is 84.2 cm³/mol. The van der Waals surface area contributed by atoms with Crippen LogP contribution in [0.5, 0.6) is 0 Å². The van der Waals surface area contributed by atoms with Gasteiger partial charge in [-0.2, -0.15) is 0 Å². The second kappa shape index (κ2) is 7.64. The molecule has 0 unspecified atom stereocenters. The van der Waals surface area contributed by atoms with Gasteiger partial charge in [0.1, 0.15) is 0 Å². The van der Waals surface area contributed by atoms with E-state index in [0.717, 1.165) is 5.69 Å². The van der Waals surface area contributed by atoms with Crippen LogP contribution in [0.25, 0.3) is 0 Å². The summed E-state index contributed by atoms with van der Waals surface area (Å²) in [7, 11) is 0. The van der Waals surface area contributed by atoms with Crippen molar-refractivity contribution in [3.8, 4) is 0 Å². The Bertz CT molecular complexity index is 729. The summed E-state index contributed by atoms with van der Waals surface area (Å²) in [6.45, 7) is 1.57. The molecule has 1 aromatic heterocycles. The van der Waals surface area contributed by atoms with Crippen molar-refractivity contribution in [2.75, 3.05) is 11.9 Å². The lowest BCUT2D eigenvalue weighted by atomic mass is 10.2. The molecule has 118 valence electrons. The van der Waals surface area contributed by atoms with Gasteiger partial charge < -0.3 is 10.2 Å². The first-order chi connectivity index (χ1) is 11.0. The maximum Gasteiger partial charge on any atom is 0.270 e. The molecule has 0 radical (unpaired) electrons. The van der Waals surface area contributed by atoms with Crippen molar-refractivity contribution in [3.05, 3.63) is 64.0 Å². The first kappa shape index (κ1) is 16.1. The van der Waals surface area contributed by atoms with Crippen LogP contribution in [0, 0.1) is 17.0 Å². The van der Waals surface area contributed by atoms with Gasteiger partial charge in [0.15, 0.2) is 6.61 Å². The SMILES string of the molecule is Cc1ccc(NC(=O)CON=Cc2cccc([N+](=O)[O-])c2)cn1. The number of benzene rings is 1. The van der Waals surface area contributed by atoms with E-state index in [1.807, 2.05) is 6.92 Å². The van der Waals surface area contributed by atoms with Crippen LogP contribution in [0.4, 0.5) is 11.4 Å². The number of hydrogen-bond donors (Lipinski definition) is 1. The summed E-state index contributed by atoms with van der Waals surface area (Å²) in [5.41, 5.74) is 1.87. The number of aryl methyl sites for hydroxylation is 1. The van der Waals surface area contributed by atoms with E-state index in [0.29, 0.717) is 11.3 Å². The third-order valence-electron chi connectivity index (χ3n) is 2.75. The highest BCUT2D eigenvalue weighted by Crippen LogP contribution is 2.11. The van der Waals surface area contributed by atoms with Gasteiger partial charge in [-0.15, -0.1) is 0 Å². The van der Waals surface area contributed by atoms with Gasteiger partial charge in [-0.3, -0.25) is 19.9 Å². The molecule has 0 spiro atoms. The molecule has 23 heavy (non-hydrogen) atoms. The molecule has 0 aliphatic heterocycles. The zero-order valence-electron chi connectivity index (χ0n) is 12.3. The van der Waals surface area contributed by atoms with E-state index in [9.17, 15) is 14.9 Å². The number of rotatable bonds is 6. The molecule has 0 atom stereocenters. The van der Waals surface area contributed by atoms with Gasteiger partial charge in [-0.1, -0.05) is 17.3 Å². The topological polar surface area (TPSA) is 107 Å². The van der Waals surface area contributed by atoms with Crippen molar-refractivity contribution < 1.29 is 14.6 Å². The van der Waals surface area contributed by atoms with Gasteiger partial charge >= 0.3 is 0 Å². The second-order valence-corrected chi connectivity index (χ2v) is 4.60. The summed E-state index contributed by atoms with van der Waals surface area (Å²) in [5, 5.41) is 16.9. The van der Waals surface area contributed by atoms with Crippen LogP contribution in [0.3, 0.4) is 0 Å². The number of aromatic nitrogens is 1. The second-order valence-electron chi connectivity index (χ2n) is 4.60. The van der Waals surface area contributed by atoms with Gasteiger partial charge in [-0.25, -0.2) is 0 Å². The van der Waals surface area contributed by atoms with E-state index in [2.05, 4.69) is 15.5 Å². The number of carbonyl (C=O) groups is 1. The minimum Gasteiger partial charge on any atom is -0.386 e. The number of amides is 1. The summed E-state index contributed by atoms with van der Waals surface area (Å²) in [6, 6.07) is 9.41. The number of non-ortho nitro benzene ring substituents is 1. The molecule has 8 heteroatoms. The normalized spacial score (nSPS) is 10.5. The number of nitro benzene ring substituents is 1. The summed E-state index contributed by atoms with van der Waals surface area (Å²) < 4.78 is 0. The van der Waals surface area contributed by atoms with Crippen LogP contribution in [-0.2, 0) is 9.63 Å². The zero-order chi connectivity index (χ0) is 16.7. The van der Waals surface area contributed by atoms with Gasteiger partial charge in [0, 0.05) is 23.4 Å². The van der Waals surface area contributed by atoms with E-state index < -0.39 is 4.92 Å². The molecule has 0 aliphatic rings. The van der Waals surface area contributed by atoms with E-state index in [1.165, 1.54) is 24.4 Å². The van der Waals surface area contributed by atoms with Crippen molar-refractivity contribution in [2.45, 2.75) is 6.92 Å². The Hall–Kier alpha value is -3.29. The van der Waals surface area contributed by atoms with Crippen LogP contribution < -0.4 is 5.32 Å². The molecule has 0 saturated carbocycles. The highest BCUT2D eigenvalue weighted by atomic mass is 16.6. The molecule has 2 rings (SSSR count). The molecule has 0 fully saturated rings. The van der Waals surface area contributed by atoms with E-state index in [4.69, 9.17) is 4.84 Å². The van der Waals surface area contributed by atoms with Crippen LogP contribution in [-0.4, -0.2) is 28.6 Å².